The number of esters is 1. The number of benzene rings is 4. The van der Waals surface area contributed by atoms with Crippen LogP contribution in [0.15, 0.2) is 108 Å². The molecule has 3 saturated heterocycles. The highest BCUT2D eigenvalue weighted by atomic mass is 16.6. The second-order valence-electron chi connectivity index (χ2n) is 15.2. The number of piperidine rings is 3. The van der Waals surface area contributed by atoms with E-state index in [0.717, 1.165) is 74.8 Å². The van der Waals surface area contributed by atoms with Gasteiger partial charge in [-0.05, 0) is 110 Å². The van der Waals surface area contributed by atoms with Crippen molar-refractivity contribution in [1.29, 1.82) is 0 Å². The molecular formula is C46H52N4O8. The number of unbranched alkanes of at least 4 members (excludes halogenated alkanes) is 3. The van der Waals surface area contributed by atoms with E-state index in [1.165, 1.54) is 12.1 Å². The molecule has 3 fully saturated rings. The molecule has 58 heavy (non-hydrogen) atoms. The number of aromatic amines is 1. The number of nitrogens with one attached hydrogen (secondary N) is 3. The van der Waals surface area contributed by atoms with Gasteiger partial charge in [0, 0.05) is 24.5 Å². The molecule has 3 atom stereocenters. The third kappa shape index (κ3) is 10.6. The maximum Gasteiger partial charge on any atom is 0.408 e. The van der Waals surface area contributed by atoms with Gasteiger partial charge in [-0.1, -0.05) is 73.5 Å². The van der Waals surface area contributed by atoms with E-state index in [-0.39, 0.29) is 23.4 Å². The van der Waals surface area contributed by atoms with Crippen LogP contribution >= 0.6 is 0 Å². The van der Waals surface area contributed by atoms with Crippen LogP contribution in [-0.4, -0.2) is 77.6 Å². The average Bonchev–Trinajstić information content (AvgIpc) is 3.25. The summed E-state index contributed by atoms with van der Waals surface area (Å²) in [5, 5.41) is 27.8. The normalized spacial score (nSPS) is 18.3. The van der Waals surface area contributed by atoms with E-state index >= 15 is 0 Å². The number of phenols is 1. The predicted molar refractivity (Wildman–Crippen MR) is 221 cm³/mol. The lowest BCUT2D eigenvalue weighted by atomic mass is 9.86. The molecule has 0 radical (unpaired) electrons. The Kier molecular flexibility index (Phi) is 13.7. The molecule has 304 valence electrons. The van der Waals surface area contributed by atoms with Gasteiger partial charge < -0.3 is 40.0 Å². The number of aromatic hydroxyl groups is 1. The zero-order valence-corrected chi connectivity index (χ0v) is 32.6. The molecule has 12 heteroatoms. The number of pyridine rings is 1. The highest BCUT2D eigenvalue weighted by Gasteiger charge is 2.37. The monoisotopic (exact) mass is 788 g/mol. The Morgan fingerprint density at radius 1 is 0.862 bits per heavy atom. The summed E-state index contributed by atoms with van der Waals surface area (Å²) in [5.41, 5.74) is 3.82. The third-order valence-corrected chi connectivity index (χ3v) is 11.1. The van der Waals surface area contributed by atoms with Gasteiger partial charge in [-0.25, -0.2) is 9.59 Å². The van der Waals surface area contributed by atoms with Crippen LogP contribution in [0, 0.1) is 5.92 Å². The van der Waals surface area contributed by atoms with Gasteiger partial charge in [0.2, 0.25) is 5.56 Å². The molecule has 2 bridgehead atoms. The van der Waals surface area contributed by atoms with E-state index in [1.807, 2.05) is 66.7 Å². The first kappa shape index (κ1) is 40.5. The Morgan fingerprint density at radius 2 is 1.64 bits per heavy atom. The number of nitrogens with zero attached hydrogens (tertiary/aromatic N) is 1. The maximum absolute atomic E-state index is 13.2. The smallest absolute Gasteiger partial charge is 0.408 e. The van der Waals surface area contributed by atoms with E-state index in [0.29, 0.717) is 60.0 Å². The minimum Gasteiger partial charge on any atom is -0.506 e. The quantitative estimate of drug-likeness (QED) is 0.0474. The summed E-state index contributed by atoms with van der Waals surface area (Å²) in [6.45, 7) is 4.64. The van der Waals surface area contributed by atoms with Crippen molar-refractivity contribution in [2.75, 3.05) is 39.3 Å². The van der Waals surface area contributed by atoms with E-state index in [9.17, 15) is 24.6 Å². The molecule has 1 unspecified atom stereocenters. The Morgan fingerprint density at radius 3 is 2.41 bits per heavy atom. The summed E-state index contributed by atoms with van der Waals surface area (Å²) >= 11 is 0. The van der Waals surface area contributed by atoms with Crippen LogP contribution in [0.5, 0.6) is 11.5 Å². The number of alkyl carbamates (subject to hydrolysis) is 1. The van der Waals surface area contributed by atoms with E-state index in [1.54, 1.807) is 24.3 Å². The fraction of sp³-hybridized carbons (Fsp3) is 0.370. The number of carbonyl (C=O) groups excluding carboxylic acids is 2. The first-order chi connectivity index (χ1) is 28.3. The maximum atomic E-state index is 13.2. The molecule has 12 nitrogen and oxygen atoms in total. The topological polar surface area (TPSA) is 162 Å². The SMILES string of the molecule is O=C(NC(c1ccccc1)c1cccc(OCc2ccc(C(=O)OCCCCCCNC[C@H](O)c3ccc(O)c4[nH]c(=O)ccc34)cc2)c1)O[C@H]1CN2CCC1CC2. The van der Waals surface area contributed by atoms with Crippen molar-refractivity contribution < 1.29 is 34.0 Å². The number of ether oxygens (including phenoxy) is 3. The summed E-state index contributed by atoms with van der Waals surface area (Å²) in [7, 11) is 0. The summed E-state index contributed by atoms with van der Waals surface area (Å²) in [4.78, 5) is 42.5. The molecular weight excluding hydrogens is 737 g/mol. The van der Waals surface area contributed by atoms with Gasteiger partial charge in [0.1, 0.15) is 24.2 Å². The Balaban J connectivity index is 0.808. The standard InChI is InChI=1S/C46H52N4O8/c51-39-19-17-37(38-18-20-42(53)48-44(38)39)40(52)28-47-23-6-1-2-7-26-56-45(54)34-15-13-31(14-16-34)30-57-36-12-8-11-35(27-36)43(33-9-4-3-5-10-33)49-46(55)58-41-29-50-24-21-32(41)22-25-50/h3-5,8-20,27,32,40-41,43,47,51-52H,1-2,6-7,21-26,28-30H2,(H,48,53)(H,49,55)/t40-,41-,43?/m0/s1. The summed E-state index contributed by atoms with van der Waals surface area (Å²) in [6, 6.07) is 30.4. The van der Waals surface area contributed by atoms with Gasteiger partial charge in [-0.3, -0.25) is 9.69 Å². The van der Waals surface area contributed by atoms with Gasteiger partial charge in [-0.15, -0.1) is 0 Å². The van der Waals surface area contributed by atoms with E-state index in [4.69, 9.17) is 14.2 Å². The molecule has 8 rings (SSSR count). The average molecular weight is 789 g/mol. The molecule has 0 aliphatic carbocycles. The van der Waals surface area contributed by atoms with Gasteiger partial charge in [0.25, 0.3) is 0 Å². The van der Waals surface area contributed by atoms with Crippen LogP contribution in [0.25, 0.3) is 10.9 Å². The number of hydrogen-bond donors (Lipinski definition) is 5. The van der Waals surface area contributed by atoms with Crippen LogP contribution in [0.2, 0.25) is 0 Å². The molecule has 4 aromatic carbocycles. The van der Waals surface area contributed by atoms with Crippen LogP contribution in [0.3, 0.4) is 0 Å². The van der Waals surface area contributed by atoms with Crippen molar-refractivity contribution in [2.24, 2.45) is 5.92 Å². The Labute approximate surface area is 338 Å². The Hall–Kier alpha value is -5.69. The minimum absolute atomic E-state index is 0.0381. The molecule has 3 aliphatic rings. The van der Waals surface area contributed by atoms with E-state index in [2.05, 4.69) is 20.5 Å². The molecule has 3 aliphatic heterocycles. The fourth-order valence-electron chi connectivity index (χ4n) is 7.88. The number of fused-ring (bicyclic) bond motifs is 4. The summed E-state index contributed by atoms with van der Waals surface area (Å²) < 4.78 is 17.6. The lowest BCUT2D eigenvalue weighted by molar-refractivity contribution is -0.0336. The molecule has 5 aromatic rings. The number of carbonyl (C=O) groups is 2. The lowest BCUT2D eigenvalue weighted by Crippen LogP contribution is -2.52. The second-order valence-corrected chi connectivity index (χ2v) is 15.2. The number of aliphatic hydroxyl groups is 1. The highest BCUT2D eigenvalue weighted by molar-refractivity contribution is 5.89. The zero-order valence-electron chi connectivity index (χ0n) is 32.6. The zero-order chi connectivity index (χ0) is 40.3. The number of aliphatic hydroxyl groups excluding tert-OH is 1. The van der Waals surface area contributed by atoms with Crippen molar-refractivity contribution >= 4 is 23.0 Å². The molecule has 1 amide bonds. The molecule has 0 saturated carbocycles. The third-order valence-electron chi connectivity index (χ3n) is 11.1. The van der Waals surface area contributed by atoms with Crippen LogP contribution in [0.1, 0.15) is 83.3 Å². The van der Waals surface area contributed by atoms with Gasteiger partial charge >= 0.3 is 12.1 Å². The van der Waals surface area contributed by atoms with Gasteiger partial charge in [-0.2, -0.15) is 0 Å². The minimum atomic E-state index is -0.799. The highest BCUT2D eigenvalue weighted by Crippen LogP contribution is 2.31. The molecule has 0 spiro atoms. The lowest BCUT2D eigenvalue weighted by Gasteiger charge is -2.43. The van der Waals surface area contributed by atoms with Crippen molar-refractivity contribution in [3.8, 4) is 11.5 Å². The van der Waals surface area contributed by atoms with Crippen LogP contribution in [-0.2, 0) is 16.1 Å². The van der Waals surface area contributed by atoms with Crippen molar-refractivity contribution in [1.82, 2.24) is 20.5 Å². The second kappa shape index (κ2) is 19.6. The molecule has 4 heterocycles. The molecule has 1 aromatic heterocycles. The number of rotatable bonds is 18. The van der Waals surface area contributed by atoms with Crippen molar-refractivity contribution in [3.05, 3.63) is 141 Å². The fourth-order valence-corrected chi connectivity index (χ4v) is 7.88. The summed E-state index contributed by atoms with van der Waals surface area (Å²) in [5.74, 6) is 0.675. The van der Waals surface area contributed by atoms with Gasteiger partial charge in [0.05, 0.1) is 29.8 Å². The number of aromatic nitrogens is 1. The largest absolute Gasteiger partial charge is 0.506 e. The van der Waals surface area contributed by atoms with Crippen LogP contribution < -0.4 is 20.9 Å². The van der Waals surface area contributed by atoms with Crippen LogP contribution in [0.4, 0.5) is 4.79 Å². The first-order valence-electron chi connectivity index (χ1n) is 20.3. The number of amides is 1. The summed E-state index contributed by atoms with van der Waals surface area (Å²) in [6.07, 6.45) is 4.33. The number of hydrogen-bond acceptors (Lipinski definition) is 10. The molecule has 5 N–H and O–H groups in total. The van der Waals surface area contributed by atoms with Gasteiger partial charge in [0.15, 0.2) is 0 Å². The Bertz CT molecular complexity index is 2190. The van der Waals surface area contributed by atoms with Crippen molar-refractivity contribution in [2.45, 2.75) is 63.4 Å². The number of H-pyrrole nitrogens is 1. The van der Waals surface area contributed by atoms with E-state index < -0.39 is 18.2 Å². The predicted octanol–water partition coefficient (Wildman–Crippen LogP) is 6.76. The number of phenolic OH excluding ortho intramolecular Hbond substituents is 1. The first-order valence-corrected chi connectivity index (χ1v) is 20.3. The van der Waals surface area contributed by atoms with Crippen molar-refractivity contribution in [3.63, 3.8) is 0 Å².